The first-order chi connectivity index (χ1) is 15.0. The van der Waals surface area contributed by atoms with Crippen LogP contribution in [0, 0.1) is 6.92 Å². The number of aromatic nitrogens is 4. The van der Waals surface area contributed by atoms with Crippen LogP contribution < -0.4 is 0 Å². The molecule has 0 aliphatic rings. The molecule has 1 atom stereocenters. The Labute approximate surface area is 190 Å². The first-order valence-electron chi connectivity index (χ1n) is 9.87. The standard InChI is InChI=1S/C23H23N5OS2/c1-16(18-4-8-21(9-5-18)28-15-24-14-25-28)27(3)23(29)19-6-10-22(11-7-19)31-13-20-12-30-17(2)26-20/h4-12,14-16H,13H2,1-3H3. The van der Waals surface area contributed by atoms with Gasteiger partial charge in [-0.1, -0.05) is 12.1 Å². The highest BCUT2D eigenvalue weighted by Crippen LogP contribution is 2.26. The van der Waals surface area contributed by atoms with Gasteiger partial charge in [-0.25, -0.2) is 14.6 Å². The summed E-state index contributed by atoms with van der Waals surface area (Å²) < 4.78 is 1.71. The summed E-state index contributed by atoms with van der Waals surface area (Å²) in [6, 6.07) is 15.7. The number of benzene rings is 2. The van der Waals surface area contributed by atoms with Crippen LogP contribution >= 0.6 is 23.1 Å². The van der Waals surface area contributed by atoms with Gasteiger partial charge in [-0.3, -0.25) is 4.79 Å². The quantitative estimate of drug-likeness (QED) is 0.365. The van der Waals surface area contributed by atoms with Crippen LogP contribution in [-0.4, -0.2) is 37.6 Å². The highest BCUT2D eigenvalue weighted by Gasteiger charge is 2.19. The van der Waals surface area contributed by atoms with E-state index in [1.807, 2.05) is 69.4 Å². The molecule has 0 spiro atoms. The molecule has 1 unspecified atom stereocenters. The van der Waals surface area contributed by atoms with E-state index >= 15 is 0 Å². The summed E-state index contributed by atoms with van der Waals surface area (Å²) >= 11 is 3.39. The smallest absolute Gasteiger partial charge is 0.254 e. The maximum atomic E-state index is 13.0. The van der Waals surface area contributed by atoms with E-state index in [1.165, 1.54) is 6.33 Å². The van der Waals surface area contributed by atoms with Crippen molar-refractivity contribution in [1.82, 2.24) is 24.6 Å². The molecule has 158 valence electrons. The lowest BCUT2D eigenvalue weighted by atomic mass is 10.1. The number of hydrogen-bond donors (Lipinski definition) is 0. The van der Waals surface area contributed by atoms with Gasteiger partial charge >= 0.3 is 0 Å². The van der Waals surface area contributed by atoms with Crippen LogP contribution in [0.4, 0.5) is 0 Å². The maximum Gasteiger partial charge on any atom is 0.254 e. The lowest BCUT2D eigenvalue weighted by molar-refractivity contribution is 0.0742. The van der Waals surface area contributed by atoms with Crippen molar-refractivity contribution in [2.45, 2.75) is 30.5 Å². The summed E-state index contributed by atoms with van der Waals surface area (Å²) in [7, 11) is 1.84. The molecule has 2 aromatic carbocycles. The number of rotatable bonds is 7. The summed E-state index contributed by atoms with van der Waals surface area (Å²) in [5.41, 5.74) is 3.77. The van der Waals surface area contributed by atoms with Crippen molar-refractivity contribution in [3.63, 3.8) is 0 Å². The van der Waals surface area contributed by atoms with Crippen LogP contribution in [0.25, 0.3) is 5.69 Å². The third kappa shape index (κ3) is 5.03. The van der Waals surface area contributed by atoms with Crippen LogP contribution in [-0.2, 0) is 5.75 Å². The van der Waals surface area contributed by atoms with Gasteiger partial charge in [0.2, 0.25) is 0 Å². The molecule has 6 nitrogen and oxygen atoms in total. The van der Waals surface area contributed by atoms with E-state index in [0.717, 1.165) is 32.6 Å². The molecule has 1 amide bonds. The molecular formula is C23H23N5OS2. The van der Waals surface area contributed by atoms with Gasteiger partial charge in [0.25, 0.3) is 5.91 Å². The third-order valence-corrected chi connectivity index (χ3v) is 6.98. The van der Waals surface area contributed by atoms with Crippen LogP contribution in [0.15, 0.2) is 71.5 Å². The molecule has 0 aliphatic carbocycles. The Bertz CT molecular complexity index is 1140. The van der Waals surface area contributed by atoms with Gasteiger partial charge in [0, 0.05) is 28.6 Å². The van der Waals surface area contributed by atoms with Gasteiger partial charge in [0.1, 0.15) is 12.7 Å². The van der Waals surface area contributed by atoms with Crippen molar-refractivity contribution < 1.29 is 4.79 Å². The Morgan fingerprint density at radius 1 is 1.16 bits per heavy atom. The molecule has 2 heterocycles. The van der Waals surface area contributed by atoms with Crippen molar-refractivity contribution >= 4 is 29.0 Å². The van der Waals surface area contributed by atoms with Gasteiger partial charge < -0.3 is 4.90 Å². The highest BCUT2D eigenvalue weighted by atomic mass is 32.2. The fourth-order valence-corrected chi connectivity index (χ4v) is 4.68. The fraction of sp³-hybridized carbons (Fsp3) is 0.217. The Kier molecular flexibility index (Phi) is 6.48. The van der Waals surface area contributed by atoms with Crippen molar-refractivity contribution in [1.29, 1.82) is 0 Å². The Hall–Kier alpha value is -2.97. The third-order valence-electron chi connectivity index (χ3n) is 5.11. The summed E-state index contributed by atoms with van der Waals surface area (Å²) in [6.07, 6.45) is 3.17. The molecule has 0 fully saturated rings. The molecule has 0 saturated carbocycles. The first-order valence-corrected chi connectivity index (χ1v) is 11.7. The van der Waals surface area contributed by atoms with E-state index in [1.54, 1.807) is 39.0 Å². The number of carbonyl (C=O) groups excluding carboxylic acids is 1. The zero-order chi connectivity index (χ0) is 21.8. The van der Waals surface area contributed by atoms with Crippen LogP contribution in [0.1, 0.15) is 39.6 Å². The largest absolute Gasteiger partial charge is 0.335 e. The molecule has 0 aliphatic heterocycles. The molecule has 4 rings (SSSR count). The number of aryl methyl sites for hydroxylation is 1. The van der Waals surface area contributed by atoms with E-state index in [0.29, 0.717) is 5.56 Å². The second kappa shape index (κ2) is 9.45. The molecule has 8 heteroatoms. The van der Waals surface area contributed by atoms with Crippen LogP contribution in [0.5, 0.6) is 0 Å². The lowest BCUT2D eigenvalue weighted by Gasteiger charge is -2.25. The first kappa shape index (κ1) is 21.3. The zero-order valence-electron chi connectivity index (χ0n) is 17.6. The molecule has 31 heavy (non-hydrogen) atoms. The van der Waals surface area contributed by atoms with Crippen LogP contribution in [0.2, 0.25) is 0 Å². The molecule has 0 saturated heterocycles. The van der Waals surface area contributed by atoms with Crippen molar-refractivity contribution in [3.8, 4) is 5.69 Å². The predicted molar refractivity (Wildman–Crippen MR) is 125 cm³/mol. The Morgan fingerprint density at radius 3 is 2.52 bits per heavy atom. The highest BCUT2D eigenvalue weighted by molar-refractivity contribution is 7.98. The minimum atomic E-state index is -0.0562. The van der Waals surface area contributed by atoms with Crippen LogP contribution in [0.3, 0.4) is 0 Å². The minimum absolute atomic E-state index is 0.000436. The topological polar surface area (TPSA) is 63.9 Å². The van der Waals surface area contributed by atoms with Crippen molar-refractivity contribution in [2.24, 2.45) is 0 Å². The van der Waals surface area contributed by atoms with Gasteiger partial charge in [-0.2, -0.15) is 5.10 Å². The van der Waals surface area contributed by atoms with E-state index < -0.39 is 0 Å². The van der Waals surface area contributed by atoms with Crippen molar-refractivity contribution in [3.05, 3.63) is 88.4 Å². The summed E-state index contributed by atoms with van der Waals surface area (Å²) in [4.78, 5) is 24.4. The molecule has 0 bridgehead atoms. The van der Waals surface area contributed by atoms with Gasteiger partial charge in [-0.05, 0) is 55.8 Å². The number of amides is 1. The zero-order valence-corrected chi connectivity index (χ0v) is 19.2. The Balaban J connectivity index is 1.38. The summed E-state index contributed by atoms with van der Waals surface area (Å²) in [5, 5.41) is 7.32. The molecule has 0 N–H and O–H groups in total. The average molecular weight is 450 g/mol. The number of nitrogens with zero attached hydrogens (tertiary/aromatic N) is 5. The number of thioether (sulfide) groups is 1. The van der Waals surface area contributed by atoms with E-state index in [-0.39, 0.29) is 11.9 Å². The second-order valence-corrected chi connectivity index (χ2v) is 9.31. The SMILES string of the molecule is Cc1nc(CSc2ccc(C(=O)N(C)C(C)c3ccc(-n4cncn4)cc3)cc2)cs1. The van der Waals surface area contributed by atoms with E-state index in [2.05, 4.69) is 20.4 Å². The predicted octanol–water partition coefficient (Wildman–Crippen LogP) is 5.16. The minimum Gasteiger partial charge on any atom is -0.335 e. The molecule has 4 aromatic rings. The average Bonchev–Trinajstić information content (AvgIpc) is 3.49. The molecule has 0 radical (unpaired) electrons. The summed E-state index contributed by atoms with van der Waals surface area (Å²) in [5.74, 6) is 0.832. The van der Waals surface area contributed by atoms with Gasteiger partial charge in [-0.15, -0.1) is 23.1 Å². The van der Waals surface area contributed by atoms with Gasteiger partial charge in [0.05, 0.1) is 22.4 Å². The van der Waals surface area contributed by atoms with Gasteiger partial charge in [0.15, 0.2) is 0 Å². The lowest BCUT2D eigenvalue weighted by Crippen LogP contribution is -2.29. The Morgan fingerprint density at radius 2 is 1.90 bits per heavy atom. The van der Waals surface area contributed by atoms with Crippen molar-refractivity contribution in [2.75, 3.05) is 7.05 Å². The number of carbonyl (C=O) groups is 1. The molecular weight excluding hydrogens is 426 g/mol. The van der Waals surface area contributed by atoms with E-state index in [4.69, 9.17) is 0 Å². The van der Waals surface area contributed by atoms with E-state index in [9.17, 15) is 4.79 Å². The maximum absolute atomic E-state index is 13.0. The normalized spacial score (nSPS) is 12.0. The molecule has 2 aromatic heterocycles. The number of thiazole rings is 1. The fourth-order valence-electron chi connectivity index (χ4n) is 3.18. The number of hydrogen-bond acceptors (Lipinski definition) is 6. The monoisotopic (exact) mass is 449 g/mol. The second-order valence-electron chi connectivity index (χ2n) is 7.19. The summed E-state index contributed by atoms with van der Waals surface area (Å²) in [6.45, 7) is 4.05.